The third-order valence-corrected chi connectivity index (χ3v) is 4.85. The van der Waals surface area contributed by atoms with Crippen molar-refractivity contribution in [1.82, 2.24) is 15.2 Å². The molecule has 1 unspecified atom stereocenters. The second-order valence-electron chi connectivity index (χ2n) is 6.22. The van der Waals surface area contributed by atoms with Gasteiger partial charge in [0.05, 0.1) is 5.60 Å². The largest absolute Gasteiger partial charge is 0.388 e. The van der Waals surface area contributed by atoms with Crippen LogP contribution in [0.1, 0.15) is 25.3 Å². The van der Waals surface area contributed by atoms with Gasteiger partial charge in [-0.25, -0.2) is 0 Å². The van der Waals surface area contributed by atoms with Gasteiger partial charge >= 0.3 is 0 Å². The van der Waals surface area contributed by atoms with Gasteiger partial charge in [0.1, 0.15) is 0 Å². The lowest BCUT2D eigenvalue weighted by Gasteiger charge is -2.34. The van der Waals surface area contributed by atoms with E-state index in [1.54, 1.807) is 11.8 Å². The minimum atomic E-state index is -0.605. The van der Waals surface area contributed by atoms with Crippen molar-refractivity contribution in [3.8, 4) is 0 Å². The average Bonchev–Trinajstić information content (AvgIpc) is 2.48. The monoisotopic (exact) mass is 309 g/mol. The van der Waals surface area contributed by atoms with E-state index in [1.165, 1.54) is 5.56 Å². The zero-order valence-corrected chi connectivity index (χ0v) is 13.9. The van der Waals surface area contributed by atoms with Crippen molar-refractivity contribution in [2.45, 2.75) is 38.0 Å². The Bertz CT molecular complexity index is 405. The van der Waals surface area contributed by atoms with Crippen LogP contribution in [0.5, 0.6) is 0 Å². The van der Waals surface area contributed by atoms with Crippen LogP contribution >= 0.6 is 11.8 Å². The molecular weight excluding hydrogens is 282 g/mol. The second kappa shape index (κ2) is 8.13. The van der Waals surface area contributed by atoms with Gasteiger partial charge in [-0.05, 0) is 50.7 Å². The van der Waals surface area contributed by atoms with E-state index in [2.05, 4.69) is 21.3 Å². The maximum atomic E-state index is 10.2. The molecule has 0 spiro atoms. The van der Waals surface area contributed by atoms with E-state index in [4.69, 9.17) is 0 Å². The minimum Gasteiger partial charge on any atom is -0.388 e. The molecule has 1 aromatic rings. The molecule has 1 atom stereocenters. The summed E-state index contributed by atoms with van der Waals surface area (Å²) in [5.74, 6) is 0.778. The van der Waals surface area contributed by atoms with E-state index in [-0.39, 0.29) is 0 Å². The topological polar surface area (TPSA) is 48.4 Å². The fourth-order valence-electron chi connectivity index (χ4n) is 2.77. The Morgan fingerprint density at radius 3 is 2.86 bits per heavy atom. The van der Waals surface area contributed by atoms with Crippen LogP contribution in [0.15, 0.2) is 24.5 Å². The molecule has 0 aliphatic carbocycles. The Morgan fingerprint density at radius 2 is 2.24 bits per heavy atom. The summed E-state index contributed by atoms with van der Waals surface area (Å²) in [4.78, 5) is 6.65. The first-order chi connectivity index (χ1) is 10.1. The third kappa shape index (κ3) is 5.94. The Hall–Kier alpha value is -0.620. The number of rotatable bonds is 7. The Morgan fingerprint density at radius 1 is 1.48 bits per heavy atom. The van der Waals surface area contributed by atoms with Crippen LogP contribution in [0.3, 0.4) is 0 Å². The molecule has 0 bridgehead atoms. The van der Waals surface area contributed by atoms with Gasteiger partial charge in [0.15, 0.2) is 0 Å². The fraction of sp³-hybridized carbons (Fsp3) is 0.688. The molecule has 2 heterocycles. The maximum Gasteiger partial charge on any atom is 0.0833 e. The van der Waals surface area contributed by atoms with E-state index < -0.39 is 5.60 Å². The summed E-state index contributed by atoms with van der Waals surface area (Å²) in [7, 11) is 0. The SMILES string of the molecule is CSCC(C)(O)CNC1CCN(Cc2cccnc2)CC1. The van der Waals surface area contributed by atoms with Crippen LogP contribution in [-0.4, -0.2) is 58.3 Å². The van der Waals surface area contributed by atoms with E-state index in [1.807, 2.05) is 31.6 Å². The van der Waals surface area contributed by atoms with Crippen LogP contribution < -0.4 is 5.32 Å². The molecule has 0 amide bonds. The van der Waals surface area contributed by atoms with Gasteiger partial charge in [-0.1, -0.05) is 6.07 Å². The molecule has 1 aliphatic heterocycles. The number of nitrogens with zero attached hydrogens (tertiary/aromatic N) is 2. The van der Waals surface area contributed by atoms with Gasteiger partial charge in [0, 0.05) is 37.3 Å². The highest BCUT2D eigenvalue weighted by Crippen LogP contribution is 2.15. The molecular formula is C16H27N3OS. The average molecular weight is 309 g/mol. The first kappa shape index (κ1) is 16.7. The fourth-order valence-corrected chi connectivity index (χ4v) is 3.50. The second-order valence-corrected chi connectivity index (χ2v) is 7.09. The molecule has 2 rings (SSSR count). The number of nitrogens with one attached hydrogen (secondary N) is 1. The van der Waals surface area contributed by atoms with E-state index in [0.29, 0.717) is 12.6 Å². The molecule has 1 saturated heterocycles. The lowest BCUT2D eigenvalue weighted by atomic mass is 10.0. The van der Waals surface area contributed by atoms with E-state index in [0.717, 1.165) is 38.2 Å². The molecule has 5 heteroatoms. The number of likely N-dealkylation sites (tertiary alicyclic amines) is 1. The standard InChI is InChI=1S/C16H27N3OS/c1-16(20,13-21-2)12-18-15-5-8-19(9-6-15)11-14-4-3-7-17-10-14/h3-4,7,10,15,18,20H,5-6,8-9,11-13H2,1-2H3. The van der Waals surface area contributed by atoms with Crippen molar-refractivity contribution < 1.29 is 5.11 Å². The summed E-state index contributed by atoms with van der Waals surface area (Å²) in [6.45, 7) is 5.80. The van der Waals surface area contributed by atoms with Crippen molar-refractivity contribution in [1.29, 1.82) is 0 Å². The summed E-state index contributed by atoms with van der Waals surface area (Å²) in [6, 6.07) is 4.66. The van der Waals surface area contributed by atoms with Gasteiger partial charge in [0.25, 0.3) is 0 Å². The number of aliphatic hydroxyl groups is 1. The van der Waals surface area contributed by atoms with Crippen molar-refractivity contribution in [3.05, 3.63) is 30.1 Å². The van der Waals surface area contributed by atoms with Gasteiger partial charge < -0.3 is 10.4 Å². The molecule has 0 radical (unpaired) electrons. The van der Waals surface area contributed by atoms with Crippen molar-refractivity contribution in [3.63, 3.8) is 0 Å². The summed E-state index contributed by atoms with van der Waals surface area (Å²) in [5.41, 5.74) is 0.679. The molecule has 21 heavy (non-hydrogen) atoms. The molecule has 118 valence electrons. The summed E-state index contributed by atoms with van der Waals surface area (Å²) in [5, 5.41) is 13.7. The zero-order chi connectivity index (χ0) is 15.1. The first-order valence-electron chi connectivity index (χ1n) is 7.65. The Labute approximate surface area is 132 Å². The minimum absolute atomic E-state index is 0.531. The van der Waals surface area contributed by atoms with Crippen LogP contribution in [0.4, 0.5) is 0 Å². The molecule has 1 aromatic heterocycles. The normalized spacial score (nSPS) is 20.3. The highest BCUT2D eigenvalue weighted by atomic mass is 32.2. The van der Waals surface area contributed by atoms with Crippen molar-refractivity contribution >= 4 is 11.8 Å². The van der Waals surface area contributed by atoms with Crippen LogP contribution in [0, 0.1) is 0 Å². The van der Waals surface area contributed by atoms with Gasteiger partial charge in [0.2, 0.25) is 0 Å². The van der Waals surface area contributed by atoms with E-state index >= 15 is 0 Å². The predicted molar refractivity (Wildman–Crippen MR) is 89.5 cm³/mol. The first-order valence-corrected chi connectivity index (χ1v) is 9.04. The smallest absolute Gasteiger partial charge is 0.0833 e. The summed E-state index contributed by atoms with van der Waals surface area (Å²) >= 11 is 1.69. The number of aromatic nitrogens is 1. The van der Waals surface area contributed by atoms with Gasteiger partial charge in [-0.15, -0.1) is 0 Å². The number of hydrogen-bond acceptors (Lipinski definition) is 5. The van der Waals surface area contributed by atoms with Crippen LogP contribution in [0.25, 0.3) is 0 Å². The molecule has 0 saturated carbocycles. The highest BCUT2D eigenvalue weighted by Gasteiger charge is 2.24. The van der Waals surface area contributed by atoms with Crippen molar-refractivity contribution in [2.24, 2.45) is 0 Å². The van der Waals surface area contributed by atoms with Crippen LogP contribution in [0.2, 0.25) is 0 Å². The maximum absolute atomic E-state index is 10.2. The number of piperidine rings is 1. The molecule has 0 aromatic carbocycles. The number of pyridine rings is 1. The predicted octanol–water partition coefficient (Wildman–Crippen LogP) is 1.75. The Kier molecular flexibility index (Phi) is 6.48. The lowest BCUT2D eigenvalue weighted by molar-refractivity contribution is 0.0761. The number of hydrogen-bond donors (Lipinski definition) is 2. The Balaban J connectivity index is 1.69. The van der Waals surface area contributed by atoms with Gasteiger partial charge in [-0.3, -0.25) is 9.88 Å². The molecule has 4 nitrogen and oxygen atoms in total. The molecule has 2 N–H and O–H groups in total. The van der Waals surface area contributed by atoms with Gasteiger partial charge in [-0.2, -0.15) is 11.8 Å². The quantitative estimate of drug-likeness (QED) is 0.803. The molecule has 1 fully saturated rings. The van der Waals surface area contributed by atoms with Crippen molar-refractivity contribution in [2.75, 3.05) is 31.6 Å². The zero-order valence-electron chi connectivity index (χ0n) is 13.1. The van der Waals surface area contributed by atoms with Crippen LogP contribution in [-0.2, 0) is 6.54 Å². The summed E-state index contributed by atoms with van der Waals surface area (Å²) in [6.07, 6.45) is 8.10. The summed E-state index contributed by atoms with van der Waals surface area (Å²) < 4.78 is 0. The number of thioether (sulfide) groups is 1. The van der Waals surface area contributed by atoms with E-state index in [9.17, 15) is 5.11 Å². The molecule has 1 aliphatic rings. The highest BCUT2D eigenvalue weighted by molar-refractivity contribution is 7.98. The lowest BCUT2D eigenvalue weighted by Crippen LogP contribution is -2.48. The third-order valence-electron chi connectivity index (χ3n) is 3.94.